The van der Waals surface area contributed by atoms with Crippen molar-refractivity contribution in [2.75, 3.05) is 0 Å². The van der Waals surface area contributed by atoms with Crippen LogP contribution in [-0.2, 0) is 10.0 Å². The third-order valence-electron chi connectivity index (χ3n) is 3.33. The van der Waals surface area contributed by atoms with E-state index in [0.717, 1.165) is 26.3 Å². The summed E-state index contributed by atoms with van der Waals surface area (Å²) in [5, 5.41) is 4.10. The zero-order valence-electron chi connectivity index (χ0n) is 11.2. The summed E-state index contributed by atoms with van der Waals surface area (Å²) in [6.45, 7) is 7.41. The second kappa shape index (κ2) is 4.65. The van der Waals surface area contributed by atoms with Gasteiger partial charge in [0.2, 0.25) is 0 Å². The van der Waals surface area contributed by atoms with Crippen molar-refractivity contribution in [1.82, 2.24) is 9.19 Å². The predicted octanol–water partition coefficient (Wildman–Crippen LogP) is 3.01. The van der Waals surface area contributed by atoms with Gasteiger partial charge < -0.3 is 0 Å². The first kappa shape index (κ1) is 14.1. The van der Waals surface area contributed by atoms with E-state index in [2.05, 4.69) is 5.10 Å². The molecule has 0 saturated heterocycles. The summed E-state index contributed by atoms with van der Waals surface area (Å²) < 4.78 is 26.2. The Kier molecular flexibility index (Phi) is 3.45. The molecule has 0 saturated carbocycles. The highest BCUT2D eigenvalue weighted by Gasteiger charge is 2.24. The number of rotatable bonds is 2. The lowest BCUT2D eigenvalue weighted by Gasteiger charge is -2.15. The molecule has 0 fully saturated rings. The quantitative estimate of drug-likeness (QED) is 0.856. The van der Waals surface area contributed by atoms with Crippen molar-refractivity contribution in [3.63, 3.8) is 0 Å². The predicted molar refractivity (Wildman–Crippen MR) is 75.2 cm³/mol. The van der Waals surface area contributed by atoms with Crippen molar-refractivity contribution < 1.29 is 8.42 Å². The molecule has 0 aliphatic rings. The smallest absolute Gasteiger partial charge is 0.199 e. The zero-order chi connectivity index (χ0) is 14.4. The molecule has 1 heterocycles. The highest BCUT2D eigenvalue weighted by Crippen LogP contribution is 2.27. The number of benzene rings is 1. The van der Waals surface area contributed by atoms with Crippen LogP contribution in [0.4, 0.5) is 0 Å². The summed E-state index contributed by atoms with van der Waals surface area (Å²) in [5.74, 6) is 0. The Bertz CT molecular complexity index is 722. The van der Waals surface area contributed by atoms with Crippen LogP contribution >= 0.6 is 11.6 Å². The normalized spacial score (nSPS) is 11.8. The van der Waals surface area contributed by atoms with Gasteiger partial charge in [0.05, 0.1) is 22.3 Å². The number of hydrogen-bond donors (Lipinski definition) is 0. The van der Waals surface area contributed by atoms with Crippen molar-refractivity contribution in [1.29, 1.82) is 0 Å². The van der Waals surface area contributed by atoms with Gasteiger partial charge in [-0.1, -0.05) is 17.7 Å². The van der Waals surface area contributed by atoms with Gasteiger partial charge >= 0.3 is 0 Å². The monoisotopic (exact) mass is 298 g/mol. The van der Waals surface area contributed by atoms with Gasteiger partial charge in [-0.15, -0.1) is 0 Å². The molecule has 4 nitrogen and oxygen atoms in total. The minimum absolute atomic E-state index is 0.295. The van der Waals surface area contributed by atoms with E-state index in [4.69, 9.17) is 11.6 Å². The molecule has 0 aliphatic heterocycles. The average molecular weight is 299 g/mol. The third kappa shape index (κ3) is 2.28. The van der Waals surface area contributed by atoms with E-state index >= 15 is 0 Å². The highest BCUT2D eigenvalue weighted by molar-refractivity contribution is 7.90. The fourth-order valence-electron chi connectivity index (χ4n) is 2.08. The molecule has 6 heteroatoms. The molecule has 19 heavy (non-hydrogen) atoms. The van der Waals surface area contributed by atoms with Crippen LogP contribution in [0.3, 0.4) is 0 Å². The Morgan fingerprint density at radius 3 is 2.05 bits per heavy atom. The van der Waals surface area contributed by atoms with Crippen LogP contribution in [0.15, 0.2) is 23.4 Å². The van der Waals surface area contributed by atoms with Gasteiger partial charge in [0.25, 0.3) is 10.0 Å². The molecule has 0 amide bonds. The lowest BCUT2D eigenvalue weighted by molar-refractivity contribution is 0.578. The third-order valence-corrected chi connectivity index (χ3v) is 5.35. The topological polar surface area (TPSA) is 52.0 Å². The van der Waals surface area contributed by atoms with E-state index < -0.39 is 10.0 Å². The Morgan fingerprint density at radius 2 is 1.63 bits per heavy atom. The van der Waals surface area contributed by atoms with Crippen LogP contribution in [0.25, 0.3) is 0 Å². The summed E-state index contributed by atoms with van der Waals surface area (Å²) in [7, 11) is -3.70. The summed E-state index contributed by atoms with van der Waals surface area (Å²) in [6.07, 6.45) is 2.61. The number of nitrogens with zero attached hydrogens (tertiary/aromatic N) is 2. The highest BCUT2D eigenvalue weighted by atomic mass is 35.5. The van der Waals surface area contributed by atoms with Crippen LogP contribution in [-0.4, -0.2) is 17.6 Å². The largest absolute Gasteiger partial charge is 0.283 e. The summed E-state index contributed by atoms with van der Waals surface area (Å²) in [4.78, 5) is 0.310. The van der Waals surface area contributed by atoms with Crippen LogP contribution in [0, 0.1) is 27.7 Å². The molecule has 0 unspecified atom stereocenters. The van der Waals surface area contributed by atoms with Crippen LogP contribution in [0.5, 0.6) is 0 Å². The second-order valence-electron chi connectivity index (χ2n) is 4.63. The van der Waals surface area contributed by atoms with Gasteiger partial charge in [-0.2, -0.15) is 17.6 Å². The molecule has 2 aromatic rings. The SMILES string of the molecule is Cc1cc(C)c(C)c(S(=O)(=O)n2cc(Cl)cn2)c1C. The van der Waals surface area contributed by atoms with Crippen LogP contribution in [0.1, 0.15) is 22.3 Å². The second-order valence-corrected chi connectivity index (χ2v) is 6.79. The maximum absolute atomic E-state index is 12.6. The minimum atomic E-state index is -3.70. The molecule has 102 valence electrons. The van der Waals surface area contributed by atoms with Crippen molar-refractivity contribution >= 4 is 21.6 Å². The summed E-state index contributed by atoms with van der Waals surface area (Å²) in [6, 6.07) is 1.99. The Labute approximate surface area is 118 Å². The molecule has 0 bridgehead atoms. The maximum Gasteiger partial charge on any atom is 0.283 e. The standard InChI is InChI=1S/C13H15ClN2O2S/c1-8-5-9(2)11(4)13(10(8)3)19(17,18)16-7-12(14)6-15-16/h5-7H,1-4H3. The van der Waals surface area contributed by atoms with Crippen molar-refractivity contribution in [3.05, 3.63) is 45.7 Å². The first-order valence-corrected chi connectivity index (χ1v) is 7.60. The molecule has 0 spiro atoms. The first-order valence-electron chi connectivity index (χ1n) is 5.78. The Hall–Kier alpha value is -1.33. The van der Waals surface area contributed by atoms with Gasteiger partial charge in [0, 0.05) is 0 Å². The van der Waals surface area contributed by atoms with Gasteiger partial charge in [0.1, 0.15) is 0 Å². The number of aromatic nitrogens is 2. The zero-order valence-corrected chi connectivity index (χ0v) is 12.8. The molecule has 0 aliphatic carbocycles. The van der Waals surface area contributed by atoms with E-state index in [-0.39, 0.29) is 0 Å². The average Bonchev–Trinajstić information content (AvgIpc) is 2.74. The van der Waals surface area contributed by atoms with Crippen molar-refractivity contribution in [2.24, 2.45) is 0 Å². The number of hydrogen-bond acceptors (Lipinski definition) is 3. The van der Waals surface area contributed by atoms with Gasteiger partial charge in [-0.25, -0.2) is 0 Å². The molecule has 1 aromatic carbocycles. The van der Waals surface area contributed by atoms with Gasteiger partial charge in [0.15, 0.2) is 0 Å². The lowest BCUT2D eigenvalue weighted by Crippen LogP contribution is -2.17. The summed E-state index contributed by atoms with van der Waals surface area (Å²) >= 11 is 5.75. The molecular weight excluding hydrogens is 284 g/mol. The van der Waals surface area contributed by atoms with Gasteiger partial charge in [-0.05, 0) is 49.9 Å². The van der Waals surface area contributed by atoms with Gasteiger partial charge in [-0.3, -0.25) is 0 Å². The Morgan fingerprint density at radius 1 is 1.11 bits per heavy atom. The minimum Gasteiger partial charge on any atom is -0.199 e. The molecule has 1 aromatic heterocycles. The molecule has 0 radical (unpaired) electrons. The number of aryl methyl sites for hydroxylation is 2. The fourth-order valence-corrected chi connectivity index (χ4v) is 3.98. The fraction of sp³-hybridized carbons (Fsp3) is 0.308. The Balaban J connectivity index is 2.78. The number of halogens is 1. The van der Waals surface area contributed by atoms with E-state index in [1.165, 1.54) is 12.4 Å². The van der Waals surface area contributed by atoms with Crippen molar-refractivity contribution in [3.8, 4) is 0 Å². The van der Waals surface area contributed by atoms with Crippen LogP contribution in [0.2, 0.25) is 5.02 Å². The first-order chi connectivity index (χ1) is 8.75. The summed E-state index contributed by atoms with van der Waals surface area (Å²) in [5.41, 5.74) is 3.38. The van der Waals surface area contributed by atoms with E-state index in [9.17, 15) is 8.42 Å². The van der Waals surface area contributed by atoms with E-state index in [1.807, 2.05) is 19.9 Å². The molecule has 0 N–H and O–H groups in total. The van der Waals surface area contributed by atoms with Crippen molar-refractivity contribution in [2.45, 2.75) is 32.6 Å². The molecule has 2 rings (SSSR count). The maximum atomic E-state index is 12.6. The lowest BCUT2D eigenvalue weighted by atomic mass is 10.0. The van der Waals surface area contributed by atoms with E-state index in [0.29, 0.717) is 9.92 Å². The van der Waals surface area contributed by atoms with Crippen LogP contribution < -0.4 is 0 Å². The molecule has 0 atom stereocenters. The molecular formula is C13H15ClN2O2S. The van der Waals surface area contributed by atoms with E-state index in [1.54, 1.807) is 13.8 Å².